The Morgan fingerprint density at radius 2 is 1.71 bits per heavy atom. The van der Waals surface area contributed by atoms with Crippen LogP contribution >= 0.6 is 0 Å². The van der Waals surface area contributed by atoms with Crippen LogP contribution in [0, 0.1) is 12.3 Å². The summed E-state index contributed by atoms with van der Waals surface area (Å²) < 4.78 is 6.74. The Morgan fingerprint density at radius 3 is 2.37 bits per heavy atom. The highest BCUT2D eigenvalue weighted by molar-refractivity contribution is 5.94. The van der Waals surface area contributed by atoms with Crippen LogP contribution in [-0.2, 0) is 17.7 Å². The molecule has 0 aliphatic heterocycles. The van der Waals surface area contributed by atoms with Crippen molar-refractivity contribution in [2.75, 3.05) is 7.11 Å². The lowest BCUT2D eigenvalue weighted by Gasteiger charge is -2.38. The van der Waals surface area contributed by atoms with Gasteiger partial charge in [0, 0.05) is 11.1 Å². The largest absolute Gasteiger partial charge is 0.465 e. The van der Waals surface area contributed by atoms with E-state index in [-0.39, 0.29) is 22.5 Å². The van der Waals surface area contributed by atoms with Gasteiger partial charge < -0.3 is 9.30 Å². The number of pyridine rings is 2. The van der Waals surface area contributed by atoms with Gasteiger partial charge in [-0.1, -0.05) is 75.4 Å². The van der Waals surface area contributed by atoms with E-state index in [0.717, 1.165) is 45.6 Å². The number of hydrogen-bond donors (Lipinski definition) is 0. The van der Waals surface area contributed by atoms with E-state index in [1.807, 2.05) is 43.3 Å². The molecule has 0 saturated carbocycles. The summed E-state index contributed by atoms with van der Waals surface area (Å²) in [5.74, 6) is -0.523. The van der Waals surface area contributed by atoms with E-state index >= 15 is 0 Å². The van der Waals surface area contributed by atoms with E-state index in [1.54, 1.807) is 10.6 Å². The topological polar surface area (TPSA) is 61.2 Å². The summed E-state index contributed by atoms with van der Waals surface area (Å²) in [5, 5.41) is 2.30. The van der Waals surface area contributed by atoms with Gasteiger partial charge >= 0.3 is 5.97 Å². The molecule has 35 heavy (non-hydrogen) atoms. The van der Waals surface area contributed by atoms with Crippen LogP contribution in [0.1, 0.15) is 59.4 Å². The summed E-state index contributed by atoms with van der Waals surface area (Å²) in [6.07, 6.45) is 0.782. The smallest absolute Gasteiger partial charge is 0.343 e. The first-order valence-electron chi connectivity index (χ1n) is 12.0. The lowest BCUT2D eigenvalue weighted by Crippen LogP contribution is -2.34. The molecule has 0 fully saturated rings. The van der Waals surface area contributed by atoms with Crippen molar-refractivity contribution in [2.45, 2.75) is 46.6 Å². The number of benzene rings is 2. The number of fused-ring (bicyclic) bond motifs is 5. The van der Waals surface area contributed by atoms with Gasteiger partial charge in [-0.3, -0.25) is 9.78 Å². The number of ether oxygens (including phenoxy) is 1. The molecule has 1 atom stereocenters. The fraction of sp³-hybridized carbons (Fsp3) is 0.300. The van der Waals surface area contributed by atoms with Gasteiger partial charge in [-0.25, -0.2) is 4.79 Å². The van der Waals surface area contributed by atoms with Crippen LogP contribution in [0.2, 0.25) is 0 Å². The molecule has 2 aromatic heterocycles. The Hall–Kier alpha value is -3.73. The van der Waals surface area contributed by atoms with Crippen LogP contribution in [0.3, 0.4) is 0 Å². The van der Waals surface area contributed by atoms with Gasteiger partial charge in [0.05, 0.1) is 25.0 Å². The Kier molecular flexibility index (Phi) is 5.59. The van der Waals surface area contributed by atoms with Gasteiger partial charge in [0.1, 0.15) is 5.56 Å². The summed E-state index contributed by atoms with van der Waals surface area (Å²) in [7, 11) is 1.32. The molecule has 5 nitrogen and oxygen atoms in total. The van der Waals surface area contributed by atoms with Crippen molar-refractivity contribution < 1.29 is 9.53 Å². The third-order valence-corrected chi connectivity index (χ3v) is 7.17. The van der Waals surface area contributed by atoms with Crippen LogP contribution in [0.4, 0.5) is 0 Å². The minimum absolute atomic E-state index is 0.0670. The number of aromatic nitrogens is 2. The molecule has 4 aromatic rings. The highest BCUT2D eigenvalue weighted by atomic mass is 16.5. The van der Waals surface area contributed by atoms with Crippen molar-refractivity contribution in [3.63, 3.8) is 0 Å². The monoisotopic (exact) mass is 466 g/mol. The number of methoxy groups -OCH3 is 1. The molecule has 5 rings (SSSR count). The second-order valence-corrected chi connectivity index (χ2v) is 10.4. The second-order valence-electron chi connectivity index (χ2n) is 10.4. The normalized spacial score (nSPS) is 14.9. The van der Waals surface area contributed by atoms with Gasteiger partial charge in [-0.2, -0.15) is 0 Å². The molecule has 2 aromatic carbocycles. The van der Waals surface area contributed by atoms with Crippen LogP contribution in [0.5, 0.6) is 0 Å². The third kappa shape index (κ3) is 3.85. The first-order valence-corrected chi connectivity index (χ1v) is 12.0. The maximum absolute atomic E-state index is 13.8. The summed E-state index contributed by atoms with van der Waals surface area (Å²) >= 11 is 0. The van der Waals surface area contributed by atoms with Gasteiger partial charge in [-0.15, -0.1) is 0 Å². The molecule has 0 amide bonds. The zero-order chi connectivity index (χ0) is 24.9. The van der Waals surface area contributed by atoms with Gasteiger partial charge in [-0.05, 0) is 52.8 Å². The van der Waals surface area contributed by atoms with Crippen molar-refractivity contribution >= 4 is 16.7 Å². The molecule has 0 N–H and O–H groups in total. The Bertz CT molecular complexity index is 1510. The van der Waals surface area contributed by atoms with Gasteiger partial charge in [0.25, 0.3) is 5.56 Å². The molecule has 1 aliphatic carbocycles. The Labute approximate surface area is 205 Å². The minimum atomic E-state index is -0.610. The summed E-state index contributed by atoms with van der Waals surface area (Å²) in [4.78, 5) is 31.6. The average Bonchev–Trinajstić information content (AvgIpc) is 2.84. The quantitative estimate of drug-likeness (QED) is 0.353. The molecule has 2 heterocycles. The van der Waals surface area contributed by atoms with Crippen molar-refractivity contribution in [2.24, 2.45) is 5.41 Å². The number of esters is 1. The maximum atomic E-state index is 13.8. The maximum Gasteiger partial charge on any atom is 0.343 e. The molecular formula is C30H30N2O3. The molecule has 0 radical (unpaired) electrons. The van der Waals surface area contributed by atoms with Crippen molar-refractivity contribution in [3.8, 4) is 11.4 Å². The van der Waals surface area contributed by atoms with E-state index in [0.29, 0.717) is 6.54 Å². The lowest BCUT2D eigenvalue weighted by molar-refractivity contribution is 0.0597. The highest BCUT2D eigenvalue weighted by Gasteiger charge is 2.38. The molecule has 0 saturated heterocycles. The summed E-state index contributed by atoms with van der Waals surface area (Å²) in [6.45, 7) is 8.99. The zero-order valence-electron chi connectivity index (χ0n) is 20.9. The van der Waals surface area contributed by atoms with E-state index in [4.69, 9.17) is 9.72 Å². The number of aryl methyl sites for hydroxylation is 1. The summed E-state index contributed by atoms with van der Waals surface area (Å²) in [5.41, 5.74) is 5.29. The predicted octanol–water partition coefficient (Wildman–Crippen LogP) is 5.89. The Morgan fingerprint density at radius 1 is 1.06 bits per heavy atom. The fourth-order valence-electron chi connectivity index (χ4n) is 5.37. The van der Waals surface area contributed by atoms with Crippen molar-refractivity contribution in [1.82, 2.24) is 9.55 Å². The van der Waals surface area contributed by atoms with Crippen LogP contribution in [0.15, 0.2) is 65.5 Å². The minimum Gasteiger partial charge on any atom is -0.465 e. The fourth-order valence-corrected chi connectivity index (χ4v) is 5.37. The molecule has 0 spiro atoms. The molecule has 5 heteroatoms. The molecule has 1 aliphatic rings. The molecular weight excluding hydrogens is 436 g/mol. The average molecular weight is 467 g/mol. The van der Waals surface area contributed by atoms with Crippen LogP contribution in [-0.4, -0.2) is 22.6 Å². The number of rotatable bonds is 3. The Balaban J connectivity index is 1.92. The number of carbonyl (C=O) groups excluding carboxylic acids is 1. The summed E-state index contributed by atoms with van der Waals surface area (Å²) in [6, 6.07) is 20.0. The third-order valence-electron chi connectivity index (χ3n) is 7.17. The molecule has 1 unspecified atom stereocenters. The first-order chi connectivity index (χ1) is 16.7. The van der Waals surface area contributed by atoms with E-state index < -0.39 is 5.97 Å². The zero-order valence-corrected chi connectivity index (χ0v) is 20.9. The standard InChI is InChI=1S/C30H30N2O3/c1-18-20-13-9-10-14-21(20)22-16-25(30(2,3)4)23-15-24(29(34)35-5)28(33)32(27(23)26(22)31-18)17-19-11-7-6-8-12-19/h6-15,25H,16-17H2,1-5H3. The van der Waals surface area contributed by atoms with Gasteiger partial charge in [0.15, 0.2) is 0 Å². The number of hydrogen-bond acceptors (Lipinski definition) is 4. The van der Waals surface area contributed by atoms with Gasteiger partial charge in [0.2, 0.25) is 0 Å². The van der Waals surface area contributed by atoms with Crippen LogP contribution in [0.25, 0.3) is 22.2 Å². The second kappa shape index (κ2) is 8.49. The van der Waals surface area contributed by atoms with E-state index in [2.05, 4.69) is 39.0 Å². The van der Waals surface area contributed by atoms with E-state index in [1.165, 1.54) is 12.5 Å². The molecule has 178 valence electrons. The van der Waals surface area contributed by atoms with Crippen LogP contribution < -0.4 is 5.56 Å². The van der Waals surface area contributed by atoms with Crippen molar-refractivity contribution in [1.29, 1.82) is 0 Å². The SMILES string of the molecule is COC(=O)c1cc2c(n(Cc3ccccc3)c1=O)-c1nc(C)c3ccccc3c1CC2C(C)(C)C. The highest BCUT2D eigenvalue weighted by Crippen LogP contribution is 2.48. The molecule has 0 bridgehead atoms. The lowest BCUT2D eigenvalue weighted by atomic mass is 9.68. The number of carbonyl (C=O) groups is 1. The predicted molar refractivity (Wildman–Crippen MR) is 139 cm³/mol. The number of nitrogens with zero attached hydrogens (tertiary/aromatic N) is 2. The van der Waals surface area contributed by atoms with Crippen molar-refractivity contribution in [3.05, 3.63) is 99.0 Å². The first kappa shape index (κ1) is 23.0. The van der Waals surface area contributed by atoms with E-state index in [9.17, 15) is 9.59 Å².